The quantitative estimate of drug-likeness (QED) is 0.865. The summed E-state index contributed by atoms with van der Waals surface area (Å²) in [5, 5.41) is 9.13. The average molecular weight is 237 g/mol. The number of carboxylic acids is 1. The van der Waals surface area contributed by atoms with Gasteiger partial charge in [0.25, 0.3) is 0 Å². The monoisotopic (exact) mass is 237 g/mol. The third kappa shape index (κ3) is 2.74. The Labute approximate surface area is 99.4 Å². The fourth-order valence-electron chi connectivity index (χ4n) is 1.83. The maximum absolute atomic E-state index is 11.1. The molecule has 0 bridgehead atoms. The van der Waals surface area contributed by atoms with Gasteiger partial charge in [0, 0.05) is 19.0 Å². The predicted molar refractivity (Wildman–Crippen MR) is 60.4 cm³/mol. The van der Waals surface area contributed by atoms with Gasteiger partial charge in [0.05, 0.1) is 13.2 Å². The standard InChI is InChI=1S/C12H15NO4/c1-8-2-5-13-11(10(8)12(14)15)17-9-3-6-16-7-4-9/h2,5,9H,3-4,6-7H2,1H3,(H,14,15). The van der Waals surface area contributed by atoms with E-state index in [1.165, 1.54) is 0 Å². The fourth-order valence-corrected chi connectivity index (χ4v) is 1.83. The Morgan fingerprint density at radius 1 is 1.53 bits per heavy atom. The van der Waals surface area contributed by atoms with Crippen molar-refractivity contribution >= 4 is 5.97 Å². The number of ether oxygens (including phenoxy) is 2. The molecule has 1 aliphatic rings. The van der Waals surface area contributed by atoms with Crippen LogP contribution < -0.4 is 4.74 Å². The summed E-state index contributed by atoms with van der Waals surface area (Å²) in [6, 6.07) is 1.67. The Kier molecular flexibility index (Phi) is 3.58. The van der Waals surface area contributed by atoms with Crippen LogP contribution in [0, 0.1) is 6.92 Å². The van der Waals surface area contributed by atoms with Crippen LogP contribution in [0.4, 0.5) is 0 Å². The second kappa shape index (κ2) is 5.14. The zero-order valence-corrected chi connectivity index (χ0v) is 9.68. The zero-order valence-electron chi connectivity index (χ0n) is 9.68. The van der Waals surface area contributed by atoms with Gasteiger partial charge in [0.1, 0.15) is 11.7 Å². The summed E-state index contributed by atoms with van der Waals surface area (Å²) in [6.07, 6.45) is 3.11. The molecule has 0 amide bonds. The first-order valence-electron chi connectivity index (χ1n) is 5.62. The molecule has 1 saturated heterocycles. The summed E-state index contributed by atoms with van der Waals surface area (Å²) < 4.78 is 10.9. The lowest BCUT2D eigenvalue weighted by atomic mass is 10.1. The van der Waals surface area contributed by atoms with Crippen LogP contribution >= 0.6 is 0 Å². The van der Waals surface area contributed by atoms with Crippen molar-refractivity contribution in [2.45, 2.75) is 25.9 Å². The minimum Gasteiger partial charge on any atom is -0.477 e. The predicted octanol–water partition coefficient (Wildman–Crippen LogP) is 1.65. The summed E-state index contributed by atoms with van der Waals surface area (Å²) in [5.41, 5.74) is 0.813. The van der Waals surface area contributed by atoms with Gasteiger partial charge in [-0.25, -0.2) is 9.78 Å². The van der Waals surface area contributed by atoms with Crippen molar-refractivity contribution in [3.05, 3.63) is 23.4 Å². The SMILES string of the molecule is Cc1ccnc(OC2CCOCC2)c1C(=O)O. The molecule has 0 unspecified atom stereocenters. The van der Waals surface area contributed by atoms with Crippen LogP contribution in [0.15, 0.2) is 12.3 Å². The Morgan fingerprint density at radius 3 is 2.88 bits per heavy atom. The first-order chi connectivity index (χ1) is 8.18. The van der Waals surface area contributed by atoms with E-state index in [0.29, 0.717) is 18.8 Å². The van der Waals surface area contributed by atoms with E-state index in [2.05, 4.69) is 4.98 Å². The molecular formula is C12H15NO4. The number of hydrogen-bond acceptors (Lipinski definition) is 4. The van der Waals surface area contributed by atoms with Crippen molar-refractivity contribution in [3.63, 3.8) is 0 Å². The molecule has 0 aromatic carbocycles. The lowest BCUT2D eigenvalue weighted by Crippen LogP contribution is -2.27. The summed E-state index contributed by atoms with van der Waals surface area (Å²) in [6.45, 7) is 3.04. The molecule has 5 heteroatoms. The average Bonchev–Trinajstić information content (AvgIpc) is 2.30. The van der Waals surface area contributed by atoms with Gasteiger partial charge in [-0.05, 0) is 18.6 Å². The first kappa shape index (κ1) is 11.9. The molecule has 1 fully saturated rings. The Morgan fingerprint density at radius 2 is 2.24 bits per heavy atom. The third-order valence-electron chi connectivity index (χ3n) is 2.79. The molecule has 1 aliphatic heterocycles. The highest BCUT2D eigenvalue weighted by Crippen LogP contribution is 2.22. The first-order valence-corrected chi connectivity index (χ1v) is 5.62. The minimum absolute atomic E-state index is 0.00356. The van der Waals surface area contributed by atoms with Crippen LogP contribution in [0.25, 0.3) is 0 Å². The molecule has 0 atom stereocenters. The lowest BCUT2D eigenvalue weighted by molar-refractivity contribution is 0.0229. The molecule has 92 valence electrons. The van der Waals surface area contributed by atoms with Crippen LogP contribution in [-0.4, -0.2) is 35.4 Å². The van der Waals surface area contributed by atoms with Gasteiger partial charge in [-0.15, -0.1) is 0 Å². The van der Waals surface area contributed by atoms with Crippen molar-refractivity contribution in [3.8, 4) is 5.88 Å². The molecule has 17 heavy (non-hydrogen) atoms. The zero-order chi connectivity index (χ0) is 12.3. The van der Waals surface area contributed by atoms with Gasteiger partial charge in [-0.2, -0.15) is 0 Å². The Bertz CT molecular complexity index is 413. The van der Waals surface area contributed by atoms with Gasteiger partial charge in [-0.3, -0.25) is 0 Å². The highest BCUT2D eigenvalue weighted by atomic mass is 16.5. The molecule has 1 aromatic rings. The second-order valence-electron chi connectivity index (χ2n) is 4.04. The molecule has 1 N–H and O–H groups in total. The van der Waals surface area contributed by atoms with Crippen LogP contribution in [-0.2, 0) is 4.74 Å². The number of carbonyl (C=O) groups is 1. The maximum Gasteiger partial charge on any atom is 0.341 e. The maximum atomic E-state index is 11.1. The number of rotatable bonds is 3. The topological polar surface area (TPSA) is 68.7 Å². The van der Waals surface area contributed by atoms with Crippen molar-refractivity contribution in [1.29, 1.82) is 0 Å². The lowest BCUT2D eigenvalue weighted by Gasteiger charge is -2.23. The van der Waals surface area contributed by atoms with E-state index >= 15 is 0 Å². The van der Waals surface area contributed by atoms with Crippen molar-refractivity contribution in [2.75, 3.05) is 13.2 Å². The van der Waals surface area contributed by atoms with E-state index in [1.54, 1.807) is 19.2 Å². The number of aryl methyl sites for hydroxylation is 1. The number of aromatic carboxylic acids is 1. The van der Waals surface area contributed by atoms with Gasteiger partial charge < -0.3 is 14.6 Å². The van der Waals surface area contributed by atoms with E-state index in [0.717, 1.165) is 12.8 Å². The van der Waals surface area contributed by atoms with Crippen molar-refractivity contribution in [1.82, 2.24) is 4.98 Å². The molecule has 5 nitrogen and oxygen atoms in total. The van der Waals surface area contributed by atoms with E-state index in [9.17, 15) is 4.79 Å². The molecule has 2 rings (SSSR count). The summed E-state index contributed by atoms with van der Waals surface area (Å²) in [5.74, 6) is -0.790. The Hall–Kier alpha value is -1.62. The van der Waals surface area contributed by atoms with Gasteiger partial charge in [0.15, 0.2) is 0 Å². The van der Waals surface area contributed by atoms with Crippen LogP contribution in [0.2, 0.25) is 0 Å². The van der Waals surface area contributed by atoms with E-state index in [1.807, 2.05) is 0 Å². The Balaban J connectivity index is 2.19. The van der Waals surface area contributed by atoms with Crippen LogP contribution in [0.5, 0.6) is 5.88 Å². The molecule has 0 radical (unpaired) electrons. The molecule has 1 aromatic heterocycles. The summed E-state index contributed by atoms with van der Waals surface area (Å²) in [4.78, 5) is 15.2. The minimum atomic E-state index is -1.00. The van der Waals surface area contributed by atoms with Crippen LogP contribution in [0.3, 0.4) is 0 Å². The van der Waals surface area contributed by atoms with Crippen molar-refractivity contribution < 1.29 is 19.4 Å². The number of aromatic nitrogens is 1. The van der Waals surface area contributed by atoms with Crippen molar-refractivity contribution in [2.24, 2.45) is 0 Å². The second-order valence-corrected chi connectivity index (χ2v) is 4.04. The fraction of sp³-hybridized carbons (Fsp3) is 0.500. The van der Waals surface area contributed by atoms with Crippen LogP contribution in [0.1, 0.15) is 28.8 Å². The number of nitrogens with zero attached hydrogens (tertiary/aromatic N) is 1. The van der Waals surface area contributed by atoms with Gasteiger partial charge in [0.2, 0.25) is 5.88 Å². The van der Waals surface area contributed by atoms with Gasteiger partial charge in [-0.1, -0.05) is 0 Å². The van der Waals surface area contributed by atoms with E-state index in [-0.39, 0.29) is 17.5 Å². The summed E-state index contributed by atoms with van der Waals surface area (Å²) in [7, 11) is 0. The van der Waals surface area contributed by atoms with E-state index < -0.39 is 5.97 Å². The largest absolute Gasteiger partial charge is 0.477 e. The summed E-state index contributed by atoms with van der Waals surface area (Å²) >= 11 is 0. The molecule has 2 heterocycles. The molecule has 0 spiro atoms. The molecular weight excluding hydrogens is 222 g/mol. The molecule has 0 saturated carbocycles. The third-order valence-corrected chi connectivity index (χ3v) is 2.79. The highest BCUT2D eigenvalue weighted by molar-refractivity contribution is 5.91. The van der Waals surface area contributed by atoms with E-state index in [4.69, 9.17) is 14.6 Å². The smallest absolute Gasteiger partial charge is 0.341 e. The normalized spacial score (nSPS) is 16.8. The van der Waals surface area contributed by atoms with Gasteiger partial charge >= 0.3 is 5.97 Å². The number of hydrogen-bond donors (Lipinski definition) is 1. The highest BCUT2D eigenvalue weighted by Gasteiger charge is 2.21. The number of pyridine rings is 1. The number of carboxylic acid groups (broad SMARTS) is 1. The molecule has 0 aliphatic carbocycles.